The fourth-order valence-corrected chi connectivity index (χ4v) is 3.25. The number of allylic oxidation sites excluding steroid dienone is 1. The number of nitrogens with zero attached hydrogens (tertiary/aromatic N) is 1. The van der Waals surface area contributed by atoms with E-state index in [0.29, 0.717) is 32.5 Å². The Morgan fingerprint density at radius 1 is 1.32 bits per heavy atom. The summed E-state index contributed by atoms with van der Waals surface area (Å²) in [6.45, 7) is 10.6. The molecular formula is C17H29NO4. The SMILES string of the molecule is CC(C)=CCC1(O)CC2COCC(C1)N2C(=O)OC(C)(C)C. The smallest absolute Gasteiger partial charge is 0.410 e. The monoisotopic (exact) mass is 311 g/mol. The maximum Gasteiger partial charge on any atom is 0.410 e. The molecule has 2 bridgehead atoms. The predicted octanol–water partition coefficient (Wildman–Crippen LogP) is 2.87. The van der Waals surface area contributed by atoms with Crippen molar-refractivity contribution in [1.82, 2.24) is 4.90 Å². The zero-order chi connectivity index (χ0) is 16.5. The number of fused-ring (bicyclic) bond motifs is 2. The van der Waals surface area contributed by atoms with Crippen LogP contribution >= 0.6 is 0 Å². The third-order valence-corrected chi connectivity index (χ3v) is 4.13. The molecule has 2 saturated heterocycles. The Labute approximate surface area is 133 Å². The first-order chi connectivity index (χ1) is 10.1. The van der Waals surface area contributed by atoms with E-state index in [4.69, 9.17) is 9.47 Å². The summed E-state index contributed by atoms with van der Waals surface area (Å²) in [5.74, 6) is 0. The summed E-state index contributed by atoms with van der Waals surface area (Å²) in [6.07, 6.45) is 3.47. The Hall–Kier alpha value is -1.07. The molecule has 5 heteroatoms. The highest BCUT2D eigenvalue weighted by Gasteiger charge is 2.48. The number of ether oxygens (including phenoxy) is 2. The maximum atomic E-state index is 12.5. The van der Waals surface area contributed by atoms with E-state index in [-0.39, 0.29) is 18.2 Å². The Morgan fingerprint density at radius 3 is 2.32 bits per heavy atom. The van der Waals surface area contributed by atoms with Gasteiger partial charge in [-0.15, -0.1) is 0 Å². The molecule has 2 fully saturated rings. The van der Waals surface area contributed by atoms with Crippen LogP contribution in [-0.4, -0.2) is 52.6 Å². The first-order valence-electron chi connectivity index (χ1n) is 8.04. The molecule has 2 atom stereocenters. The number of rotatable bonds is 2. The van der Waals surface area contributed by atoms with Crippen molar-refractivity contribution >= 4 is 6.09 Å². The van der Waals surface area contributed by atoms with Crippen LogP contribution in [0.25, 0.3) is 0 Å². The Morgan fingerprint density at radius 2 is 1.86 bits per heavy atom. The van der Waals surface area contributed by atoms with Gasteiger partial charge in [0.05, 0.1) is 30.9 Å². The first-order valence-corrected chi connectivity index (χ1v) is 8.04. The maximum absolute atomic E-state index is 12.5. The summed E-state index contributed by atoms with van der Waals surface area (Å²) in [5.41, 5.74) is -0.0684. The molecule has 5 nitrogen and oxygen atoms in total. The van der Waals surface area contributed by atoms with E-state index in [1.807, 2.05) is 34.6 Å². The number of amides is 1. The van der Waals surface area contributed by atoms with Crippen LogP contribution in [0.1, 0.15) is 53.9 Å². The zero-order valence-electron chi connectivity index (χ0n) is 14.4. The van der Waals surface area contributed by atoms with E-state index in [2.05, 4.69) is 6.08 Å². The minimum absolute atomic E-state index is 0.113. The fraction of sp³-hybridized carbons (Fsp3) is 0.824. The second kappa shape index (κ2) is 6.20. The summed E-state index contributed by atoms with van der Waals surface area (Å²) in [4.78, 5) is 14.2. The molecule has 0 aromatic heterocycles. The van der Waals surface area contributed by atoms with Crippen molar-refractivity contribution in [2.75, 3.05) is 13.2 Å². The van der Waals surface area contributed by atoms with Gasteiger partial charge in [0.25, 0.3) is 0 Å². The molecule has 0 aromatic carbocycles. The van der Waals surface area contributed by atoms with Crippen LogP contribution in [0.2, 0.25) is 0 Å². The lowest BCUT2D eigenvalue weighted by Crippen LogP contribution is -2.63. The molecule has 0 spiro atoms. The molecule has 2 unspecified atom stereocenters. The number of carbonyl (C=O) groups excluding carboxylic acids is 1. The summed E-state index contributed by atoms with van der Waals surface area (Å²) < 4.78 is 11.1. The van der Waals surface area contributed by atoms with E-state index in [0.717, 1.165) is 0 Å². The fourth-order valence-electron chi connectivity index (χ4n) is 3.25. The minimum Gasteiger partial charge on any atom is -0.444 e. The molecule has 0 aromatic rings. The average Bonchev–Trinajstić information content (AvgIpc) is 2.33. The van der Waals surface area contributed by atoms with Crippen LogP contribution in [-0.2, 0) is 9.47 Å². The van der Waals surface area contributed by atoms with Gasteiger partial charge in [0, 0.05) is 0 Å². The minimum atomic E-state index is -0.755. The third-order valence-electron chi connectivity index (χ3n) is 4.13. The Balaban J connectivity index is 2.11. The predicted molar refractivity (Wildman–Crippen MR) is 84.7 cm³/mol. The van der Waals surface area contributed by atoms with Gasteiger partial charge in [-0.25, -0.2) is 4.79 Å². The number of hydrogen-bond donors (Lipinski definition) is 1. The van der Waals surface area contributed by atoms with E-state index in [1.54, 1.807) is 4.90 Å². The molecule has 2 heterocycles. The second-order valence-corrected chi connectivity index (χ2v) is 7.85. The number of aliphatic hydroxyl groups is 1. The van der Waals surface area contributed by atoms with Crippen LogP contribution in [0.5, 0.6) is 0 Å². The van der Waals surface area contributed by atoms with Gasteiger partial charge in [-0.1, -0.05) is 11.6 Å². The highest BCUT2D eigenvalue weighted by atomic mass is 16.6. The molecule has 126 valence electrons. The van der Waals surface area contributed by atoms with Crippen LogP contribution in [0.3, 0.4) is 0 Å². The Bertz CT molecular complexity index is 434. The molecule has 0 saturated carbocycles. The lowest BCUT2D eigenvalue weighted by atomic mass is 9.79. The van der Waals surface area contributed by atoms with E-state index in [1.165, 1.54) is 5.57 Å². The highest BCUT2D eigenvalue weighted by Crippen LogP contribution is 2.37. The van der Waals surface area contributed by atoms with Gasteiger partial charge in [-0.3, -0.25) is 4.90 Å². The molecule has 2 aliphatic rings. The topological polar surface area (TPSA) is 59.0 Å². The van der Waals surface area contributed by atoms with Crippen molar-refractivity contribution in [1.29, 1.82) is 0 Å². The molecule has 0 radical (unpaired) electrons. The average molecular weight is 311 g/mol. The summed E-state index contributed by atoms with van der Waals surface area (Å²) in [5, 5.41) is 10.9. The van der Waals surface area contributed by atoms with Gasteiger partial charge in [0.15, 0.2) is 0 Å². The standard InChI is InChI=1S/C17H29NO4/c1-12(2)6-7-17(20)8-13-10-21-11-14(9-17)18(13)15(19)22-16(3,4)5/h6,13-14,20H,7-11H2,1-5H3. The van der Waals surface area contributed by atoms with E-state index in [9.17, 15) is 9.90 Å². The number of carbonyl (C=O) groups is 1. The van der Waals surface area contributed by atoms with Crippen molar-refractivity contribution in [3.8, 4) is 0 Å². The van der Waals surface area contributed by atoms with Crippen molar-refractivity contribution in [2.45, 2.75) is 77.2 Å². The first kappa shape index (κ1) is 17.3. The summed E-state index contributed by atoms with van der Waals surface area (Å²) in [6, 6.07) is -0.226. The lowest BCUT2D eigenvalue weighted by Gasteiger charge is -2.51. The van der Waals surface area contributed by atoms with Gasteiger partial charge >= 0.3 is 6.09 Å². The largest absolute Gasteiger partial charge is 0.444 e. The summed E-state index contributed by atoms with van der Waals surface area (Å²) in [7, 11) is 0. The normalized spacial score (nSPS) is 31.6. The second-order valence-electron chi connectivity index (χ2n) is 7.85. The molecule has 22 heavy (non-hydrogen) atoms. The number of morpholine rings is 1. The van der Waals surface area contributed by atoms with Gasteiger partial charge in [-0.2, -0.15) is 0 Å². The summed E-state index contributed by atoms with van der Waals surface area (Å²) >= 11 is 0. The van der Waals surface area contributed by atoms with Gasteiger partial charge in [0.2, 0.25) is 0 Å². The zero-order valence-corrected chi connectivity index (χ0v) is 14.4. The van der Waals surface area contributed by atoms with E-state index >= 15 is 0 Å². The third kappa shape index (κ3) is 4.23. The van der Waals surface area contributed by atoms with Crippen molar-refractivity contribution in [2.24, 2.45) is 0 Å². The van der Waals surface area contributed by atoms with Crippen LogP contribution < -0.4 is 0 Å². The van der Waals surface area contributed by atoms with Crippen molar-refractivity contribution in [3.05, 3.63) is 11.6 Å². The molecular weight excluding hydrogens is 282 g/mol. The molecule has 0 aliphatic carbocycles. The Kier molecular flexibility index (Phi) is 4.87. The van der Waals surface area contributed by atoms with Gasteiger partial charge in [0.1, 0.15) is 5.60 Å². The van der Waals surface area contributed by atoms with Crippen molar-refractivity contribution < 1.29 is 19.4 Å². The van der Waals surface area contributed by atoms with Crippen LogP contribution in [0, 0.1) is 0 Å². The highest BCUT2D eigenvalue weighted by molar-refractivity contribution is 5.69. The molecule has 1 N–H and O–H groups in total. The number of hydrogen-bond acceptors (Lipinski definition) is 4. The quantitative estimate of drug-likeness (QED) is 0.797. The molecule has 2 aliphatic heterocycles. The molecule has 1 amide bonds. The van der Waals surface area contributed by atoms with Crippen LogP contribution in [0.4, 0.5) is 4.79 Å². The number of piperidine rings is 1. The van der Waals surface area contributed by atoms with Crippen LogP contribution in [0.15, 0.2) is 11.6 Å². The lowest BCUT2D eigenvalue weighted by molar-refractivity contribution is -0.136. The van der Waals surface area contributed by atoms with Gasteiger partial charge < -0.3 is 14.6 Å². The molecule has 2 rings (SSSR count). The van der Waals surface area contributed by atoms with E-state index < -0.39 is 11.2 Å². The van der Waals surface area contributed by atoms with Gasteiger partial charge in [-0.05, 0) is 53.9 Å². The van der Waals surface area contributed by atoms with Crippen molar-refractivity contribution in [3.63, 3.8) is 0 Å².